The molecule has 6 N–H and O–H groups in total. The van der Waals surface area contributed by atoms with Crippen LogP contribution in [-0.2, 0) is 39.5 Å². The van der Waals surface area contributed by atoms with E-state index in [0.29, 0.717) is 52.2 Å². The molecule has 238 valence electrons. The number of hydrogen-bond donors (Lipinski definition) is 5. The minimum Gasteiger partial charge on any atom is -0.481 e. The Balaban J connectivity index is 0.00000461. The summed E-state index contributed by atoms with van der Waals surface area (Å²) < 4.78 is 1.18. The molecule has 5 rings (SSSR count). The molecule has 11 heteroatoms. The number of aromatic nitrogens is 4. The average molecular weight is 654 g/mol. The third kappa shape index (κ3) is 6.20. The minimum atomic E-state index is -0.912. The molecule has 0 amide bonds. The summed E-state index contributed by atoms with van der Waals surface area (Å²) in [5, 5.41) is 30.5. The molecular weight excluding hydrogens is 614 g/mol. The van der Waals surface area contributed by atoms with Crippen LogP contribution < -0.4 is 5.73 Å². The van der Waals surface area contributed by atoms with Crippen LogP contribution in [0.4, 0.5) is 0 Å². The summed E-state index contributed by atoms with van der Waals surface area (Å²) in [6, 6.07) is 7.23. The molecule has 2 aliphatic rings. The second-order valence-corrected chi connectivity index (χ2v) is 11.7. The molecule has 0 saturated heterocycles. The molecule has 8 bridgehead atoms. The number of nitrogens with zero attached hydrogens (tertiary/aromatic N) is 3. The van der Waals surface area contributed by atoms with E-state index >= 15 is 0 Å². The summed E-state index contributed by atoms with van der Waals surface area (Å²) in [5.41, 5.74) is 18.8. The Kier molecular flexibility index (Phi) is 9.77. The van der Waals surface area contributed by atoms with E-state index in [1.807, 2.05) is 65.8 Å². The van der Waals surface area contributed by atoms with Crippen molar-refractivity contribution in [1.82, 2.24) is 19.7 Å². The van der Waals surface area contributed by atoms with Gasteiger partial charge in [0.1, 0.15) is 0 Å². The van der Waals surface area contributed by atoms with E-state index < -0.39 is 11.9 Å². The molecule has 2 aliphatic heterocycles. The van der Waals surface area contributed by atoms with Gasteiger partial charge >= 0.3 is 11.9 Å². The van der Waals surface area contributed by atoms with E-state index in [1.165, 1.54) is 4.73 Å². The minimum absolute atomic E-state index is 0. The molecule has 5 heterocycles. The van der Waals surface area contributed by atoms with Crippen LogP contribution in [0.1, 0.15) is 92.0 Å². The van der Waals surface area contributed by atoms with Gasteiger partial charge in [0.25, 0.3) is 0 Å². The van der Waals surface area contributed by atoms with Crippen molar-refractivity contribution in [2.45, 2.75) is 79.7 Å². The van der Waals surface area contributed by atoms with Crippen LogP contribution in [0.25, 0.3) is 44.4 Å². The van der Waals surface area contributed by atoms with E-state index in [-0.39, 0.29) is 42.4 Å². The Bertz CT molecular complexity index is 1950. The van der Waals surface area contributed by atoms with Crippen LogP contribution in [0.3, 0.4) is 0 Å². The van der Waals surface area contributed by atoms with Crippen molar-refractivity contribution in [3.8, 4) is 0 Å². The molecule has 0 aromatic carbocycles. The summed E-state index contributed by atoms with van der Waals surface area (Å²) in [7, 11) is 0. The number of carboxylic acid groups (broad SMARTS) is 2. The molecule has 0 fully saturated rings. The molecule has 0 unspecified atom stereocenters. The maximum atomic E-state index is 11.6. The number of hydrogen-bond acceptors (Lipinski definition) is 6. The van der Waals surface area contributed by atoms with Gasteiger partial charge in [0.2, 0.25) is 0 Å². The van der Waals surface area contributed by atoms with Crippen molar-refractivity contribution in [3.05, 3.63) is 69.3 Å². The fourth-order valence-corrected chi connectivity index (χ4v) is 6.42. The summed E-state index contributed by atoms with van der Waals surface area (Å²) in [4.78, 5) is 36.5. The van der Waals surface area contributed by atoms with E-state index in [4.69, 9.17) is 15.7 Å². The summed E-state index contributed by atoms with van der Waals surface area (Å²) in [5.74, 6) is -1.81. The predicted molar refractivity (Wildman–Crippen MR) is 172 cm³/mol. The van der Waals surface area contributed by atoms with Crippen molar-refractivity contribution < 1.29 is 42.1 Å². The monoisotopic (exact) mass is 653 g/mol. The number of fused-ring (bicyclic) bond motifs is 8. The number of aryl methyl sites for hydroxylation is 4. The zero-order chi connectivity index (χ0) is 32.0. The zero-order valence-electron chi connectivity index (χ0n) is 26.4. The van der Waals surface area contributed by atoms with Crippen molar-refractivity contribution in [2.24, 2.45) is 5.73 Å². The van der Waals surface area contributed by atoms with Crippen LogP contribution in [0, 0.1) is 13.8 Å². The van der Waals surface area contributed by atoms with Gasteiger partial charge in [-0.2, -0.15) is 4.73 Å². The molecule has 10 nitrogen and oxygen atoms in total. The van der Waals surface area contributed by atoms with Gasteiger partial charge in [-0.25, -0.2) is 9.97 Å². The summed E-state index contributed by atoms with van der Waals surface area (Å²) >= 11 is 0. The smallest absolute Gasteiger partial charge is 0.303 e. The topological polar surface area (TPSA) is 167 Å². The SMILES string of the molecule is CCc1c(C)c2cc3nc(cc4[nH]c(cc5nc(cc1n2O)C(C)=C5[C@H](C)N)c(C)c4CCC(=O)O)C(CCC(=O)O)=C3C.[Fe]. The fraction of sp³-hybridized carbons (Fsp3) is 0.353. The number of nitrogens with one attached hydrogen (secondary N) is 1. The van der Waals surface area contributed by atoms with Crippen LogP contribution in [-0.4, -0.2) is 53.1 Å². The maximum absolute atomic E-state index is 11.6. The van der Waals surface area contributed by atoms with Crippen LogP contribution >= 0.6 is 0 Å². The van der Waals surface area contributed by atoms with E-state index in [2.05, 4.69) is 4.98 Å². The van der Waals surface area contributed by atoms with Gasteiger partial charge in [-0.15, -0.1) is 0 Å². The van der Waals surface area contributed by atoms with Crippen molar-refractivity contribution in [1.29, 1.82) is 0 Å². The van der Waals surface area contributed by atoms with Gasteiger partial charge in [0, 0.05) is 47.0 Å². The second kappa shape index (κ2) is 13.0. The Morgan fingerprint density at radius 2 is 1.40 bits per heavy atom. The Hall–Kier alpha value is -4.18. The van der Waals surface area contributed by atoms with Gasteiger partial charge in [0.15, 0.2) is 0 Å². The number of nitrogens with two attached hydrogens (primary N) is 1. The quantitative estimate of drug-likeness (QED) is 0.140. The Morgan fingerprint density at radius 1 is 0.822 bits per heavy atom. The summed E-state index contributed by atoms with van der Waals surface area (Å²) in [6.45, 7) is 11.8. The van der Waals surface area contributed by atoms with Crippen molar-refractivity contribution in [3.63, 3.8) is 0 Å². The molecule has 0 aliphatic carbocycles. The number of aliphatic carboxylic acids is 2. The van der Waals surface area contributed by atoms with Crippen LogP contribution in [0.5, 0.6) is 0 Å². The largest absolute Gasteiger partial charge is 0.481 e. The van der Waals surface area contributed by atoms with E-state index in [1.54, 1.807) is 0 Å². The number of aromatic amines is 1. The van der Waals surface area contributed by atoms with Crippen LogP contribution in [0.2, 0.25) is 0 Å². The van der Waals surface area contributed by atoms with E-state index in [0.717, 1.165) is 50.1 Å². The molecule has 0 saturated carbocycles. The first kappa shape index (κ1) is 33.7. The van der Waals surface area contributed by atoms with Gasteiger partial charge in [0.05, 0.1) is 33.8 Å². The summed E-state index contributed by atoms with van der Waals surface area (Å²) in [6.07, 6.45) is 1.13. The van der Waals surface area contributed by atoms with Gasteiger partial charge in [-0.05, 0) is 123 Å². The standard InChI is InChI=1S/C34H39N5O5.Fe/c1-7-21-18(4)30-14-25-17(3)23(9-11-33(42)43)28(37-25)13-27-22(8-10-32(40)41)16(2)24(36-27)12-29-34(20(6)35)19(5)26(38-29)15-31(21)39(30)44;/h12-15,20,36,44H,7-11,35H2,1-6H3,(H,40,41)(H,42,43);/t20-;/m0./s1. The number of carboxylic acids is 2. The van der Waals surface area contributed by atoms with E-state index in [9.17, 15) is 25.0 Å². The Labute approximate surface area is 272 Å². The number of carbonyl (C=O) groups is 2. The number of allylic oxidation sites excluding steroid dienone is 3. The van der Waals surface area contributed by atoms with Crippen molar-refractivity contribution in [2.75, 3.05) is 0 Å². The zero-order valence-corrected chi connectivity index (χ0v) is 27.5. The molecule has 3 aromatic heterocycles. The molecule has 0 spiro atoms. The first-order valence-electron chi connectivity index (χ1n) is 14.9. The number of rotatable bonds is 8. The van der Waals surface area contributed by atoms with Gasteiger partial charge in [-0.1, -0.05) is 6.92 Å². The van der Waals surface area contributed by atoms with Crippen LogP contribution in [0.15, 0.2) is 24.3 Å². The van der Waals surface area contributed by atoms with Gasteiger partial charge < -0.3 is 26.1 Å². The number of H-pyrrole nitrogens is 1. The average Bonchev–Trinajstić information content (AvgIpc) is 3.59. The van der Waals surface area contributed by atoms with Crippen molar-refractivity contribution >= 4 is 56.3 Å². The first-order valence-corrected chi connectivity index (χ1v) is 14.9. The predicted octanol–water partition coefficient (Wildman–Crippen LogP) is 6.29. The molecule has 1 atom stereocenters. The molecule has 0 radical (unpaired) electrons. The Morgan fingerprint density at radius 3 is 2.02 bits per heavy atom. The molecule has 3 aromatic rings. The fourth-order valence-electron chi connectivity index (χ4n) is 6.42. The third-order valence-corrected chi connectivity index (χ3v) is 8.84. The normalized spacial score (nSPS) is 13.7. The third-order valence-electron chi connectivity index (χ3n) is 8.84. The second-order valence-electron chi connectivity index (χ2n) is 11.7. The van der Waals surface area contributed by atoms with Gasteiger partial charge in [-0.3, -0.25) is 9.59 Å². The molecule has 45 heavy (non-hydrogen) atoms. The maximum Gasteiger partial charge on any atom is 0.303 e. The first-order chi connectivity index (χ1) is 20.8. The molecular formula is C34H39FeN5O5.